The molecule has 2 aromatic carbocycles. The molecule has 192 valence electrons. The SMILES string of the molecule is CC.CCC(C)Cc1ccccc1-c1csc(C(C)Nc2nc(C)nc3cc(OC)c(OC)cc23)c1. The summed E-state index contributed by atoms with van der Waals surface area (Å²) in [7, 11) is 3.27. The lowest BCUT2D eigenvalue weighted by molar-refractivity contribution is 0.356. The zero-order valence-electron chi connectivity index (χ0n) is 22.8. The van der Waals surface area contributed by atoms with Gasteiger partial charge in [-0.1, -0.05) is 58.4 Å². The molecule has 0 saturated heterocycles. The van der Waals surface area contributed by atoms with Crippen molar-refractivity contribution >= 4 is 28.1 Å². The molecule has 4 aromatic rings. The number of methoxy groups -OCH3 is 2. The van der Waals surface area contributed by atoms with Crippen LogP contribution in [0.1, 0.15) is 63.3 Å². The Labute approximate surface area is 219 Å². The van der Waals surface area contributed by atoms with Gasteiger partial charge in [-0.15, -0.1) is 11.3 Å². The first-order valence-corrected chi connectivity index (χ1v) is 13.6. The fraction of sp³-hybridized carbons (Fsp3) is 0.400. The van der Waals surface area contributed by atoms with Crippen molar-refractivity contribution in [3.63, 3.8) is 0 Å². The lowest BCUT2D eigenvalue weighted by atomic mass is 9.93. The number of thiophene rings is 1. The third kappa shape index (κ3) is 6.16. The Morgan fingerprint density at radius 3 is 2.36 bits per heavy atom. The van der Waals surface area contributed by atoms with Crippen molar-refractivity contribution in [3.05, 3.63) is 64.1 Å². The quantitative estimate of drug-likeness (QED) is 0.247. The van der Waals surface area contributed by atoms with Gasteiger partial charge in [0.2, 0.25) is 0 Å². The van der Waals surface area contributed by atoms with Crippen LogP contribution in [0, 0.1) is 12.8 Å². The second-order valence-electron chi connectivity index (χ2n) is 8.82. The van der Waals surface area contributed by atoms with E-state index in [0.29, 0.717) is 23.2 Å². The molecule has 2 heterocycles. The topological polar surface area (TPSA) is 56.3 Å². The molecule has 2 aromatic heterocycles. The average molecular weight is 506 g/mol. The Balaban J connectivity index is 0.00000176. The number of nitrogens with one attached hydrogen (secondary N) is 1. The Bertz CT molecular complexity index is 1280. The van der Waals surface area contributed by atoms with E-state index >= 15 is 0 Å². The van der Waals surface area contributed by atoms with Crippen molar-refractivity contribution in [1.82, 2.24) is 9.97 Å². The van der Waals surface area contributed by atoms with Crippen LogP contribution in [-0.4, -0.2) is 24.2 Å². The van der Waals surface area contributed by atoms with Crippen LogP contribution in [0.25, 0.3) is 22.0 Å². The maximum absolute atomic E-state index is 5.51. The summed E-state index contributed by atoms with van der Waals surface area (Å²) in [5, 5.41) is 6.79. The first-order chi connectivity index (χ1) is 17.4. The Hall–Kier alpha value is -3.12. The van der Waals surface area contributed by atoms with Gasteiger partial charge in [-0.25, -0.2) is 9.97 Å². The van der Waals surface area contributed by atoms with E-state index in [1.54, 1.807) is 25.6 Å². The van der Waals surface area contributed by atoms with E-state index in [2.05, 4.69) is 66.8 Å². The highest BCUT2D eigenvalue weighted by molar-refractivity contribution is 7.10. The number of anilines is 1. The smallest absolute Gasteiger partial charge is 0.162 e. The third-order valence-electron chi connectivity index (χ3n) is 6.31. The molecule has 4 rings (SSSR count). The highest BCUT2D eigenvalue weighted by atomic mass is 32.1. The molecule has 2 unspecified atom stereocenters. The molecule has 0 amide bonds. The number of aryl methyl sites for hydroxylation is 1. The molecule has 5 nitrogen and oxygen atoms in total. The molecular formula is C30H39N3O2S. The highest BCUT2D eigenvalue weighted by Crippen LogP contribution is 2.37. The summed E-state index contributed by atoms with van der Waals surface area (Å²) in [5.41, 5.74) is 4.85. The van der Waals surface area contributed by atoms with Gasteiger partial charge >= 0.3 is 0 Å². The second kappa shape index (κ2) is 12.7. The standard InChI is InChI=1S/C28H33N3O2S.C2H6/c1-7-17(2)12-20-10-8-9-11-22(20)21-13-27(34-16-21)18(3)29-28-23-14-25(32-5)26(33-6)15-24(23)30-19(4)31-28;1-2/h8-11,13-18H,7,12H2,1-6H3,(H,29,30,31);1-2H3. The largest absolute Gasteiger partial charge is 0.493 e. The molecule has 36 heavy (non-hydrogen) atoms. The summed E-state index contributed by atoms with van der Waals surface area (Å²) in [4.78, 5) is 10.6. The van der Waals surface area contributed by atoms with Crippen molar-refractivity contribution in [2.45, 2.75) is 60.4 Å². The highest BCUT2D eigenvalue weighted by Gasteiger charge is 2.17. The predicted molar refractivity (Wildman–Crippen MR) is 154 cm³/mol. The van der Waals surface area contributed by atoms with E-state index in [0.717, 1.165) is 23.1 Å². The van der Waals surface area contributed by atoms with Crippen LogP contribution in [0.5, 0.6) is 11.5 Å². The normalized spacial score (nSPS) is 12.4. The lowest BCUT2D eigenvalue weighted by Crippen LogP contribution is -2.08. The van der Waals surface area contributed by atoms with E-state index in [9.17, 15) is 0 Å². The van der Waals surface area contributed by atoms with Crippen molar-refractivity contribution in [1.29, 1.82) is 0 Å². The zero-order chi connectivity index (χ0) is 26.2. The number of hydrogen-bond acceptors (Lipinski definition) is 6. The monoisotopic (exact) mass is 505 g/mol. The minimum Gasteiger partial charge on any atom is -0.493 e. The molecule has 0 fully saturated rings. The summed E-state index contributed by atoms with van der Waals surface area (Å²) < 4.78 is 11.0. The van der Waals surface area contributed by atoms with Gasteiger partial charge in [0.25, 0.3) is 0 Å². The van der Waals surface area contributed by atoms with Gasteiger partial charge in [0.15, 0.2) is 11.5 Å². The van der Waals surface area contributed by atoms with E-state index in [1.807, 2.05) is 32.9 Å². The molecule has 0 aliphatic carbocycles. The van der Waals surface area contributed by atoms with Crippen LogP contribution in [0.3, 0.4) is 0 Å². The average Bonchev–Trinajstić information content (AvgIpc) is 3.39. The first kappa shape index (κ1) is 27.5. The summed E-state index contributed by atoms with van der Waals surface area (Å²) in [6, 6.07) is 15.0. The van der Waals surface area contributed by atoms with Crippen LogP contribution >= 0.6 is 11.3 Å². The molecular weight excluding hydrogens is 466 g/mol. The number of fused-ring (bicyclic) bond motifs is 1. The van der Waals surface area contributed by atoms with Gasteiger partial charge in [0, 0.05) is 16.3 Å². The second-order valence-corrected chi connectivity index (χ2v) is 9.77. The molecule has 0 aliphatic rings. The zero-order valence-corrected chi connectivity index (χ0v) is 23.6. The van der Waals surface area contributed by atoms with Gasteiger partial charge in [0.05, 0.1) is 25.8 Å². The van der Waals surface area contributed by atoms with E-state index in [-0.39, 0.29) is 6.04 Å². The number of aromatic nitrogens is 2. The van der Waals surface area contributed by atoms with Crippen molar-refractivity contribution in [3.8, 4) is 22.6 Å². The fourth-order valence-electron chi connectivity index (χ4n) is 4.18. The Kier molecular flexibility index (Phi) is 9.71. The molecule has 0 bridgehead atoms. The summed E-state index contributed by atoms with van der Waals surface area (Å²) in [6.45, 7) is 12.7. The van der Waals surface area contributed by atoms with Gasteiger partial charge in [-0.05, 0) is 60.4 Å². The molecule has 1 N–H and O–H groups in total. The molecule has 2 atom stereocenters. The van der Waals surface area contributed by atoms with Crippen LogP contribution in [-0.2, 0) is 6.42 Å². The fourth-order valence-corrected chi connectivity index (χ4v) is 5.09. The van der Waals surface area contributed by atoms with Gasteiger partial charge in [-0.2, -0.15) is 0 Å². The van der Waals surface area contributed by atoms with E-state index in [4.69, 9.17) is 14.5 Å². The van der Waals surface area contributed by atoms with E-state index in [1.165, 1.54) is 28.0 Å². The van der Waals surface area contributed by atoms with Gasteiger partial charge in [-0.3, -0.25) is 0 Å². The van der Waals surface area contributed by atoms with Crippen LogP contribution in [0.15, 0.2) is 47.8 Å². The molecule has 0 radical (unpaired) electrons. The molecule has 0 saturated carbocycles. The Morgan fingerprint density at radius 2 is 1.67 bits per heavy atom. The number of rotatable bonds is 9. The van der Waals surface area contributed by atoms with Crippen LogP contribution in [0.2, 0.25) is 0 Å². The predicted octanol–water partition coefficient (Wildman–Crippen LogP) is 8.47. The molecule has 6 heteroatoms. The number of hydrogen-bond donors (Lipinski definition) is 1. The van der Waals surface area contributed by atoms with Crippen LogP contribution in [0.4, 0.5) is 5.82 Å². The minimum atomic E-state index is 0.0890. The summed E-state index contributed by atoms with van der Waals surface area (Å²) >= 11 is 1.78. The lowest BCUT2D eigenvalue weighted by Gasteiger charge is -2.17. The summed E-state index contributed by atoms with van der Waals surface area (Å²) in [5.74, 6) is 3.49. The third-order valence-corrected chi connectivity index (χ3v) is 7.42. The maximum Gasteiger partial charge on any atom is 0.162 e. The summed E-state index contributed by atoms with van der Waals surface area (Å²) in [6.07, 6.45) is 2.29. The van der Waals surface area contributed by atoms with Gasteiger partial charge in [0.1, 0.15) is 11.6 Å². The molecule has 0 aliphatic heterocycles. The van der Waals surface area contributed by atoms with Crippen molar-refractivity contribution in [2.75, 3.05) is 19.5 Å². The van der Waals surface area contributed by atoms with E-state index < -0.39 is 0 Å². The molecule has 0 spiro atoms. The number of ether oxygens (including phenoxy) is 2. The Morgan fingerprint density at radius 1 is 0.972 bits per heavy atom. The van der Waals surface area contributed by atoms with Crippen molar-refractivity contribution in [2.24, 2.45) is 5.92 Å². The first-order valence-electron chi connectivity index (χ1n) is 12.8. The van der Waals surface area contributed by atoms with Crippen LogP contribution < -0.4 is 14.8 Å². The minimum absolute atomic E-state index is 0.0890. The van der Waals surface area contributed by atoms with Gasteiger partial charge < -0.3 is 14.8 Å². The van der Waals surface area contributed by atoms with Crippen molar-refractivity contribution < 1.29 is 9.47 Å². The number of nitrogens with zero attached hydrogens (tertiary/aromatic N) is 2. The number of benzene rings is 2. The maximum atomic E-state index is 5.51.